The van der Waals surface area contributed by atoms with E-state index in [0.29, 0.717) is 30.3 Å². The Morgan fingerprint density at radius 2 is 1.55 bits per heavy atom. The molecule has 0 heterocycles. The average molecular weight is 322 g/mol. The monoisotopic (exact) mass is 321 g/mol. The molecule has 0 aliphatic heterocycles. The van der Waals surface area contributed by atoms with Crippen LogP contribution in [0.1, 0.15) is 11.1 Å². The van der Waals surface area contributed by atoms with Gasteiger partial charge in [-0.1, -0.05) is 29.8 Å². The van der Waals surface area contributed by atoms with Crippen LogP contribution in [0.15, 0.2) is 36.4 Å². The van der Waals surface area contributed by atoms with Crippen LogP contribution in [-0.2, 0) is 13.1 Å². The summed E-state index contributed by atoms with van der Waals surface area (Å²) in [6.45, 7) is 1.36. The largest absolute Gasteiger partial charge is 0.493 e. The lowest BCUT2D eigenvalue weighted by Gasteiger charge is -2.14. The molecule has 5 heteroatoms. The van der Waals surface area contributed by atoms with E-state index in [9.17, 15) is 0 Å². The van der Waals surface area contributed by atoms with Gasteiger partial charge in [0.05, 0.1) is 21.3 Å². The van der Waals surface area contributed by atoms with Gasteiger partial charge in [-0.15, -0.1) is 0 Å². The van der Waals surface area contributed by atoms with E-state index in [0.717, 1.165) is 16.1 Å². The minimum atomic E-state index is 0.597. The molecule has 118 valence electrons. The third kappa shape index (κ3) is 3.84. The molecule has 0 atom stereocenters. The summed E-state index contributed by atoms with van der Waals surface area (Å²) in [5.41, 5.74) is 2.11. The Balaban J connectivity index is 2.08. The molecular weight excluding hydrogens is 302 g/mol. The Bertz CT molecular complexity index is 606. The van der Waals surface area contributed by atoms with E-state index < -0.39 is 0 Å². The minimum Gasteiger partial charge on any atom is -0.493 e. The lowest BCUT2D eigenvalue weighted by molar-refractivity contribution is 0.323. The van der Waals surface area contributed by atoms with Crippen LogP contribution in [0.25, 0.3) is 0 Å². The Hall–Kier alpha value is -1.91. The third-order valence-electron chi connectivity index (χ3n) is 3.33. The van der Waals surface area contributed by atoms with E-state index in [1.54, 1.807) is 21.3 Å². The van der Waals surface area contributed by atoms with Crippen LogP contribution >= 0.6 is 11.6 Å². The molecule has 0 saturated heterocycles. The van der Waals surface area contributed by atoms with Crippen molar-refractivity contribution in [2.24, 2.45) is 0 Å². The van der Waals surface area contributed by atoms with Gasteiger partial charge in [-0.3, -0.25) is 0 Å². The average Bonchev–Trinajstić information content (AvgIpc) is 2.55. The summed E-state index contributed by atoms with van der Waals surface area (Å²) in [5, 5.41) is 4.13. The van der Waals surface area contributed by atoms with Crippen molar-refractivity contribution in [2.75, 3.05) is 21.3 Å². The fraction of sp³-hybridized carbons (Fsp3) is 0.294. The molecule has 2 aromatic carbocycles. The number of methoxy groups -OCH3 is 3. The van der Waals surface area contributed by atoms with Crippen LogP contribution < -0.4 is 19.5 Å². The topological polar surface area (TPSA) is 39.7 Å². The van der Waals surface area contributed by atoms with Crippen LogP contribution in [0, 0.1) is 0 Å². The lowest BCUT2D eigenvalue weighted by Crippen LogP contribution is -2.13. The molecule has 0 bridgehead atoms. The van der Waals surface area contributed by atoms with Crippen LogP contribution in [0.3, 0.4) is 0 Å². The van der Waals surface area contributed by atoms with Crippen molar-refractivity contribution >= 4 is 11.6 Å². The molecule has 2 rings (SSSR count). The molecule has 0 radical (unpaired) electrons. The number of hydrogen-bond donors (Lipinski definition) is 1. The van der Waals surface area contributed by atoms with Gasteiger partial charge in [-0.2, -0.15) is 0 Å². The molecule has 0 amide bonds. The van der Waals surface area contributed by atoms with Crippen molar-refractivity contribution in [3.63, 3.8) is 0 Å². The quantitative estimate of drug-likeness (QED) is 0.845. The van der Waals surface area contributed by atoms with E-state index >= 15 is 0 Å². The molecule has 0 aromatic heterocycles. The van der Waals surface area contributed by atoms with E-state index in [1.165, 1.54) is 0 Å². The first kappa shape index (κ1) is 16.5. The minimum absolute atomic E-state index is 0.597. The highest BCUT2D eigenvalue weighted by atomic mass is 35.5. The third-order valence-corrected chi connectivity index (χ3v) is 3.70. The SMILES string of the molecule is COc1cc(CNCc2ccccc2Cl)cc(OC)c1OC. The Kier molecular flexibility index (Phi) is 5.92. The highest BCUT2D eigenvalue weighted by Crippen LogP contribution is 2.38. The Morgan fingerprint density at radius 3 is 2.09 bits per heavy atom. The van der Waals surface area contributed by atoms with Crippen molar-refractivity contribution in [3.05, 3.63) is 52.5 Å². The fourth-order valence-electron chi connectivity index (χ4n) is 2.22. The second kappa shape index (κ2) is 7.92. The number of rotatable bonds is 7. The maximum absolute atomic E-state index is 6.14. The number of benzene rings is 2. The van der Waals surface area contributed by atoms with E-state index in [-0.39, 0.29) is 0 Å². The summed E-state index contributed by atoms with van der Waals surface area (Å²) >= 11 is 6.14. The smallest absolute Gasteiger partial charge is 0.203 e. The van der Waals surface area contributed by atoms with Gasteiger partial charge in [-0.25, -0.2) is 0 Å². The van der Waals surface area contributed by atoms with Gasteiger partial charge >= 0.3 is 0 Å². The second-order valence-electron chi connectivity index (χ2n) is 4.73. The standard InChI is InChI=1S/C17H20ClNO3/c1-20-15-8-12(9-16(21-2)17(15)22-3)10-19-11-13-6-4-5-7-14(13)18/h4-9,19H,10-11H2,1-3H3. The first-order valence-electron chi connectivity index (χ1n) is 6.92. The summed E-state index contributed by atoms with van der Waals surface area (Å²) in [6.07, 6.45) is 0. The van der Waals surface area contributed by atoms with E-state index in [1.807, 2.05) is 36.4 Å². The zero-order valence-corrected chi connectivity index (χ0v) is 13.7. The van der Waals surface area contributed by atoms with Gasteiger partial charge in [-0.05, 0) is 29.3 Å². The molecule has 2 aromatic rings. The van der Waals surface area contributed by atoms with Gasteiger partial charge in [0.1, 0.15) is 0 Å². The maximum Gasteiger partial charge on any atom is 0.203 e. The predicted molar refractivity (Wildman–Crippen MR) is 88.1 cm³/mol. The first-order valence-corrected chi connectivity index (χ1v) is 7.30. The van der Waals surface area contributed by atoms with Crippen molar-refractivity contribution in [2.45, 2.75) is 13.1 Å². The molecule has 1 N–H and O–H groups in total. The Morgan fingerprint density at radius 1 is 0.909 bits per heavy atom. The summed E-state index contributed by atoms with van der Waals surface area (Å²) < 4.78 is 16.0. The molecule has 0 aliphatic carbocycles. The zero-order valence-electron chi connectivity index (χ0n) is 13.0. The fourth-order valence-corrected chi connectivity index (χ4v) is 2.42. The molecular formula is C17H20ClNO3. The number of ether oxygens (including phenoxy) is 3. The molecule has 0 saturated carbocycles. The van der Waals surface area contributed by atoms with Crippen molar-refractivity contribution in [1.29, 1.82) is 0 Å². The van der Waals surface area contributed by atoms with E-state index in [2.05, 4.69) is 5.32 Å². The van der Waals surface area contributed by atoms with Gasteiger partial charge in [0.2, 0.25) is 5.75 Å². The summed E-state index contributed by atoms with van der Waals surface area (Å²) in [5.74, 6) is 1.90. The summed E-state index contributed by atoms with van der Waals surface area (Å²) in [6, 6.07) is 11.7. The maximum atomic E-state index is 6.14. The number of nitrogens with one attached hydrogen (secondary N) is 1. The second-order valence-corrected chi connectivity index (χ2v) is 5.14. The summed E-state index contributed by atoms with van der Waals surface area (Å²) in [7, 11) is 4.81. The molecule has 0 spiro atoms. The van der Waals surface area contributed by atoms with Gasteiger partial charge in [0.15, 0.2) is 11.5 Å². The van der Waals surface area contributed by atoms with Crippen molar-refractivity contribution in [3.8, 4) is 17.2 Å². The number of halogens is 1. The van der Waals surface area contributed by atoms with Crippen molar-refractivity contribution in [1.82, 2.24) is 5.32 Å². The van der Waals surface area contributed by atoms with E-state index in [4.69, 9.17) is 25.8 Å². The Labute approximate surface area is 136 Å². The highest BCUT2D eigenvalue weighted by Gasteiger charge is 2.12. The normalized spacial score (nSPS) is 10.4. The van der Waals surface area contributed by atoms with Gasteiger partial charge in [0, 0.05) is 18.1 Å². The predicted octanol–water partition coefficient (Wildman–Crippen LogP) is 3.66. The molecule has 22 heavy (non-hydrogen) atoms. The van der Waals surface area contributed by atoms with Crippen LogP contribution in [0.5, 0.6) is 17.2 Å². The van der Waals surface area contributed by atoms with Crippen LogP contribution in [0.2, 0.25) is 5.02 Å². The molecule has 0 unspecified atom stereocenters. The van der Waals surface area contributed by atoms with Crippen molar-refractivity contribution < 1.29 is 14.2 Å². The first-order chi connectivity index (χ1) is 10.7. The summed E-state index contributed by atoms with van der Waals surface area (Å²) in [4.78, 5) is 0. The number of hydrogen-bond acceptors (Lipinski definition) is 4. The van der Waals surface area contributed by atoms with Gasteiger partial charge in [0.25, 0.3) is 0 Å². The molecule has 0 aliphatic rings. The highest BCUT2D eigenvalue weighted by molar-refractivity contribution is 6.31. The van der Waals surface area contributed by atoms with Gasteiger partial charge < -0.3 is 19.5 Å². The lowest BCUT2D eigenvalue weighted by atomic mass is 10.1. The molecule has 0 fully saturated rings. The van der Waals surface area contributed by atoms with Crippen LogP contribution in [0.4, 0.5) is 0 Å². The molecule has 4 nitrogen and oxygen atoms in total. The zero-order chi connectivity index (χ0) is 15.9. The van der Waals surface area contributed by atoms with Crippen LogP contribution in [-0.4, -0.2) is 21.3 Å².